The van der Waals surface area contributed by atoms with Gasteiger partial charge < -0.3 is 15.2 Å². The van der Waals surface area contributed by atoms with Gasteiger partial charge in [0, 0.05) is 11.6 Å². The lowest BCUT2D eigenvalue weighted by Gasteiger charge is -2.10. The first-order valence-electron chi connectivity index (χ1n) is 7.79. The molecule has 0 aliphatic heterocycles. The average Bonchev–Trinajstić information content (AvgIpc) is 2.49. The molecule has 3 nitrogen and oxygen atoms in total. The summed E-state index contributed by atoms with van der Waals surface area (Å²) in [5.74, 6) is 1.48. The maximum atomic E-state index is 5.77. The van der Waals surface area contributed by atoms with Gasteiger partial charge in [0.25, 0.3) is 0 Å². The largest absolute Gasteiger partial charge is 0.497 e. The van der Waals surface area contributed by atoms with Crippen molar-refractivity contribution in [3.05, 3.63) is 23.8 Å². The second-order valence-electron chi connectivity index (χ2n) is 5.23. The number of ether oxygens (including phenoxy) is 2. The van der Waals surface area contributed by atoms with Crippen LogP contribution in [0.1, 0.15) is 57.4 Å². The SMILES string of the molecule is CCCCCCCCCOc1cc(OC)cc(C(N)=S)c1. The van der Waals surface area contributed by atoms with Crippen molar-refractivity contribution in [1.29, 1.82) is 0 Å². The summed E-state index contributed by atoms with van der Waals surface area (Å²) in [5, 5.41) is 0. The van der Waals surface area contributed by atoms with Crippen LogP contribution in [0.5, 0.6) is 11.5 Å². The van der Waals surface area contributed by atoms with E-state index >= 15 is 0 Å². The van der Waals surface area contributed by atoms with Gasteiger partial charge in [0.2, 0.25) is 0 Å². The highest BCUT2D eigenvalue weighted by molar-refractivity contribution is 7.80. The Morgan fingerprint density at radius 1 is 1.00 bits per heavy atom. The van der Waals surface area contributed by atoms with Gasteiger partial charge in [0.1, 0.15) is 16.5 Å². The van der Waals surface area contributed by atoms with Crippen LogP contribution in [0, 0.1) is 0 Å². The van der Waals surface area contributed by atoms with Crippen molar-refractivity contribution in [3.63, 3.8) is 0 Å². The molecule has 0 aromatic heterocycles. The van der Waals surface area contributed by atoms with Gasteiger partial charge in [-0.25, -0.2) is 0 Å². The van der Waals surface area contributed by atoms with Crippen LogP contribution in [-0.4, -0.2) is 18.7 Å². The van der Waals surface area contributed by atoms with Crippen molar-refractivity contribution in [2.45, 2.75) is 51.9 Å². The molecule has 0 aliphatic rings. The molecule has 2 N–H and O–H groups in total. The zero-order valence-corrected chi connectivity index (χ0v) is 14.0. The number of nitrogens with two attached hydrogens (primary N) is 1. The van der Waals surface area contributed by atoms with E-state index in [0.717, 1.165) is 30.1 Å². The lowest BCUT2D eigenvalue weighted by Crippen LogP contribution is -2.10. The highest BCUT2D eigenvalue weighted by Crippen LogP contribution is 2.23. The summed E-state index contributed by atoms with van der Waals surface area (Å²) in [6.07, 6.45) is 8.91. The summed E-state index contributed by atoms with van der Waals surface area (Å²) < 4.78 is 11.0. The third-order valence-corrected chi connectivity index (χ3v) is 3.65. The molecule has 0 saturated carbocycles. The van der Waals surface area contributed by atoms with Gasteiger partial charge in [0.05, 0.1) is 13.7 Å². The van der Waals surface area contributed by atoms with E-state index in [0.29, 0.717) is 4.99 Å². The fourth-order valence-electron chi connectivity index (χ4n) is 2.16. The molecule has 1 rings (SSSR count). The Balaban J connectivity index is 2.31. The van der Waals surface area contributed by atoms with Crippen molar-refractivity contribution in [2.75, 3.05) is 13.7 Å². The van der Waals surface area contributed by atoms with Crippen LogP contribution in [-0.2, 0) is 0 Å². The Bertz CT molecular complexity index is 435. The maximum absolute atomic E-state index is 5.77. The minimum absolute atomic E-state index is 0.356. The Morgan fingerprint density at radius 3 is 2.24 bits per heavy atom. The van der Waals surface area contributed by atoms with E-state index in [1.54, 1.807) is 7.11 Å². The molecule has 0 bridgehead atoms. The minimum atomic E-state index is 0.356. The second-order valence-corrected chi connectivity index (χ2v) is 5.67. The summed E-state index contributed by atoms with van der Waals surface area (Å²) in [4.78, 5) is 0.356. The van der Waals surface area contributed by atoms with Gasteiger partial charge in [-0.15, -0.1) is 0 Å². The van der Waals surface area contributed by atoms with E-state index in [4.69, 9.17) is 27.4 Å². The molecule has 0 saturated heterocycles. The predicted octanol–water partition coefficient (Wildman–Crippen LogP) is 4.46. The first-order chi connectivity index (χ1) is 10.2. The first-order valence-corrected chi connectivity index (χ1v) is 8.20. The van der Waals surface area contributed by atoms with Crippen molar-refractivity contribution in [2.24, 2.45) is 5.73 Å². The van der Waals surface area contributed by atoms with Crippen LogP contribution >= 0.6 is 12.2 Å². The van der Waals surface area contributed by atoms with Gasteiger partial charge in [-0.05, 0) is 18.6 Å². The number of rotatable bonds is 11. The molecule has 118 valence electrons. The fourth-order valence-corrected chi connectivity index (χ4v) is 2.28. The lowest BCUT2D eigenvalue weighted by atomic mass is 10.1. The molecule has 0 aliphatic carbocycles. The van der Waals surface area contributed by atoms with Crippen molar-refractivity contribution in [3.8, 4) is 11.5 Å². The second kappa shape index (κ2) is 10.4. The third kappa shape index (κ3) is 7.32. The van der Waals surface area contributed by atoms with E-state index < -0.39 is 0 Å². The van der Waals surface area contributed by atoms with E-state index in [2.05, 4.69) is 6.92 Å². The van der Waals surface area contributed by atoms with E-state index in [-0.39, 0.29) is 0 Å². The standard InChI is InChI=1S/C17H27NO2S/c1-3-4-5-6-7-8-9-10-20-16-12-14(17(18)21)11-15(13-16)19-2/h11-13H,3-10H2,1-2H3,(H2,18,21). The lowest BCUT2D eigenvalue weighted by molar-refractivity contribution is 0.302. The molecule has 0 spiro atoms. The van der Waals surface area contributed by atoms with Gasteiger partial charge in [0.15, 0.2) is 0 Å². The van der Waals surface area contributed by atoms with Crippen molar-refractivity contribution >= 4 is 17.2 Å². The van der Waals surface area contributed by atoms with Crippen LogP contribution in [0.25, 0.3) is 0 Å². The van der Waals surface area contributed by atoms with Crippen LogP contribution in [0.2, 0.25) is 0 Å². The fraction of sp³-hybridized carbons (Fsp3) is 0.588. The zero-order valence-electron chi connectivity index (χ0n) is 13.2. The quantitative estimate of drug-likeness (QED) is 0.484. The molecule has 0 atom stereocenters. The Hall–Kier alpha value is -1.29. The predicted molar refractivity (Wildman–Crippen MR) is 92.4 cm³/mol. The summed E-state index contributed by atoms with van der Waals surface area (Å²) in [6, 6.07) is 5.55. The average molecular weight is 309 g/mol. The number of benzene rings is 1. The normalized spacial score (nSPS) is 10.4. The van der Waals surface area contributed by atoms with Crippen LogP contribution in [0.4, 0.5) is 0 Å². The van der Waals surface area contributed by atoms with Gasteiger partial charge in [-0.3, -0.25) is 0 Å². The minimum Gasteiger partial charge on any atom is -0.497 e. The van der Waals surface area contributed by atoms with Crippen LogP contribution in [0.3, 0.4) is 0 Å². The molecule has 0 unspecified atom stereocenters. The molecule has 1 aromatic rings. The number of methoxy groups -OCH3 is 1. The summed E-state index contributed by atoms with van der Waals surface area (Å²) in [5.41, 5.74) is 6.44. The smallest absolute Gasteiger partial charge is 0.123 e. The van der Waals surface area contributed by atoms with Crippen molar-refractivity contribution in [1.82, 2.24) is 0 Å². The van der Waals surface area contributed by atoms with Gasteiger partial charge >= 0.3 is 0 Å². The molecule has 4 heteroatoms. The number of hydrogen-bond acceptors (Lipinski definition) is 3. The van der Waals surface area contributed by atoms with Gasteiger partial charge in [-0.1, -0.05) is 57.7 Å². The Morgan fingerprint density at radius 2 is 1.62 bits per heavy atom. The van der Waals surface area contributed by atoms with Gasteiger partial charge in [-0.2, -0.15) is 0 Å². The van der Waals surface area contributed by atoms with Crippen LogP contribution < -0.4 is 15.2 Å². The topological polar surface area (TPSA) is 44.5 Å². The van der Waals surface area contributed by atoms with Crippen LogP contribution in [0.15, 0.2) is 18.2 Å². The molecule has 0 amide bonds. The van der Waals surface area contributed by atoms with Crippen molar-refractivity contribution < 1.29 is 9.47 Å². The monoisotopic (exact) mass is 309 g/mol. The summed E-state index contributed by atoms with van der Waals surface area (Å²) in [7, 11) is 1.62. The molecule has 1 aromatic carbocycles. The zero-order chi connectivity index (χ0) is 15.5. The molecule has 0 heterocycles. The number of hydrogen-bond donors (Lipinski definition) is 1. The molecular weight excluding hydrogens is 282 g/mol. The van der Waals surface area contributed by atoms with E-state index in [1.807, 2.05) is 18.2 Å². The third-order valence-electron chi connectivity index (χ3n) is 3.42. The Kier molecular flexibility index (Phi) is 8.83. The molecule has 21 heavy (non-hydrogen) atoms. The number of unbranched alkanes of at least 4 members (excludes halogenated alkanes) is 6. The Labute approximate surface area is 133 Å². The summed E-state index contributed by atoms with van der Waals surface area (Å²) >= 11 is 5.00. The van der Waals surface area contributed by atoms with E-state index in [9.17, 15) is 0 Å². The summed E-state index contributed by atoms with van der Waals surface area (Å²) in [6.45, 7) is 2.96. The maximum Gasteiger partial charge on any atom is 0.123 e. The molecule has 0 radical (unpaired) electrons. The molecular formula is C17H27NO2S. The van der Waals surface area contributed by atoms with E-state index in [1.165, 1.54) is 38.5 Å². The molecule has 0 fully saturated rings. The first kappa shape index (κ1) is 17.8. The highest BCUT2D eigenvalue weighted by Gasteiger charge is 2.04. The number of thiocarbonyl (C=S) groups is 1. The highest BCUT2D eigenvalue weighted by atomic mass is 32.1.